The molecule has 19 heavy (non-hydrogen) atoms. The van der Waals surface area contributed by atoms with Crippen LogP contribution >= 0.6 is 11.3 Å². The van der Waals surface area contributed by atoms with Crippen molar-refractivity contribution in [3.8, 4) is 0 Å². The molecule has 1 atom stereocenters. The quantitative estimate of drug-likeness (QED) is 0.864. The second-order valence-corrected chi connectivity index (χ2v) is 5.91. The number of ether oxygens (including phenoxy) is 1. The van der Waals surface area contributed by atoms with Gasteiger partial charge in [0.05, 0.1) is 19.1 Å². The molecule has 0 radical (unpaired) electrons. The predicted molar refractivity (Wildman–Crippen MR) is 77.2 cm³/mol. The van der Waals surface area contributed by atoms with Gasteiger partial charge in [0.25, 0.3) is 0 Å². The van der Waals surface area contributed by atoms with E-state index < -0.39 is 0 Å². The molecule has 1 amide bonds. The Balaban J connectivity index is 1.96. The molecule has 2 heterocycles. The summed E-state index contributed by atoms with van der Waals surface area (Å²) in [5, 5.41) is 5.36. The van der Waals surface area contributed by atoms with E-state index in [0.29, 0.717) is 19.7 Å². The van der Waals surface area contributed by atoms with Gasteiger partial charge in [-0.05, 0) is 30.8 Å². The van der Waals surface area contributed by atoms with Crippen LogP contribution in [-0.2, 0) is 16.1 Å². The minimum absolute atomic E-state index is 0.130. The lowest BCUT2D eigenvalue weighted by Crippen LogP contribution is -2.43. The monoisotopic (exact) mass is 282 g/mol. The molecule has 0 saturated carbocycles. The summed E-state index contributed by atoms with van der Waals surface area (Å²) in [5.74, 6) is 0.392. The first-order chi connectivity index (χ1) is 9.31. The second-order valence-electron chi connectivity index (χ2n) is 4.88. The molecule has 1 fully saturated rings. The molecule has 1 aliphatic rings. The van der Waals surface area contributed by atoms with E-state index in [1.165, 1.54) is 4.88 Å². The van der Waals surface area contributed by atoms with Gasteiger partial charge < -0.3 is 15.0 Å². The third-order valence-electron chi connectivity index (χ3n) is 3.45. The number of methoxy groups -OCH3 is 1. The second kappa shape index (κ2) is 7.62. The third kappa shape index (κ3) is 4.30. The third-order valence-corrected chi connectivity index (χ3v) is 4.31. The smallest absolute Gasteiger partial charge is 0.227 e. The summed E-state index contributed by atoms with van der Waals surface area (Å²) < 4.78 is 5.12. The van der Waals surface area contributed by atoms with Crippen LogP contribution < -0.4 is 5.32 Å². The Labute approximate surface area is 118 Å². The van der Waals surface area contributed by atoms with Gasteiger partial charge in [0.15, 0.2) is 0 Å². The first kappa shape index (κ1) is 14.5. The lowest BCUT2D eigenvalue weighted by molar-refractivity contribution is -0.137. The molecule has 4 nitrogen and oxygen atoms in total. The van der Waals surface area contributed by atoms with Crippen LogP contribution in [0.3, 0.4) is 0 Å². The number of piperidine rings is 1. The minimum atomic E-state index is 0.130. The molecule has 0 aliphatic carbocycles. The largest absolute Gasteiger partial charge is 0.383 e. The average Bonchev–Trinajstić information content (AvgIpc) is 2.96. The standard InChI is InChI=1S/C14H22N2O2S/c1-18-8-7-16(11-13-5-3-9-19-13)14(17)12-4-2-6-15-10-12/h3,5,9,12,15H,2,4,6-8,10-11H2,1H3/t12-/m0/s1. The summed E-state index contributed by atoms with van der Waals surface area (Å²) in [6, 6.07) is 4.11. The van der Waals surface area contributed by atoms with Gasteiger partial charge in [-0.3, -0.25) is 4.79 Å². The fourth-order valence-electron chi connectivity index (χ4n) is 2.38. The molecule has 0 unspecified atom stereocenters. The molecule has 2 rings (SSSR count). The molecule has 1 N–H and O–H groups in total. The first-order valence-corrected chi connectivity index (χ1v) is 7.70. The maximum absolute atomic E-state index is 12.6. The number of nitrogens with zero attached hydrogens (tertiary/aromatic N) is 1. The number of carbonyl (C=O) groups is 1. The Bertz CT molecular complexity index is 375. The molecule has 0 bridgehead atoms. The van der Waals surface area contributed by atoms with Crippen molar-refractivity contribution in [2.75, 3.05) is 33.4 Å². The van der Waals surface area contributed by atoms with Crippen LogP contribution in [0, 0.1) is 5.92 Å². The van der Waals surface area contributed by atoms with Crippen molar-refractivity contribution in [1.82, 2.24) is 10.2 Å². The van der Waals surface area contributed by atoms with Crippen LogP contribution in [0.25, 0.3) is 0 Å². The molecular formula is C14H22N2O2S. The summed E-state index contributed by atoms with van der Waals surface area (Å²) in [4.78, 5) is 15.7. The SMILES string of the molecule is COCCN(Cc1cccs1)C(=O)[C@H]1CCCNC1. The van der Waals surface area contributed by atoms with Gasteiger partial charge in [-0.1, -0.05) is 6.07 Å². The van der Waals surface area contributed by atoms with Crippen LogP contribution in [0.2, 0.25) is 0 Å². The number of nitrogens with one attached hydrogen (secondary N) is 1. The van der Waals surface area contributed by atoms with Crippen molar-refractivity contribution >= 4 is 17.2 Å². The minimum Gasteiger partial charge on any atom is -0.383 e. The van der Waals surface area contributed by atoms with E-state index in [1.807, 2.05) is 11.0 Å². The summed E-state index contributed by atoms with van der Waals surface area (Å²) >= 11 is 1.70. The van der Waals surface area contributed by atoms with Crippen molar-refractivity contribution in [3.05, 3.63) is 22.4 Å². The highest BCUT2D eigenvalue weighted by atomic mass is 32.1. The Morgan fingerprint density at radius 1 is 1.63 bits per heavy atom. The highest BCUT2D eigenvalue weighted by molar-refractivity contribution is 7.09. The highest BCUT2D eigenvalue weighted by Crippen LogP contribution is 2.17. The van der Waals surface area contributed by atoms with Gasteiger partial charge in [-0.2, -0.15) is 0 Å². The maximum Gasteiger partial charge on any atom is 0.227 e. The van der Waals surface area contributed by atoms with Crippen LogP contribution in [-0.4, -0.2) is 44.2 Å². The molecule has 106 valence electrons. The van der Waals surface area contributed by atoms with Gasteiger partial charge in [0.2, 0.25) is 5.91 Å². The lowest BCUT2D eigenvalue weighted by atomic mass is 9.98. The molecule has 5 heteroatoms. The van der Waals surface area contributed by atoms with E-state index in [9.17, 15) is 4.79 Å². The summed E-state index contributed by atoms with van der Waals surface area (Å²) in [6.07, 6.45) is 2.09. The van der Waals surface area contributed by atoms with Crippen LogP contribution in [0.15, 0.2) is 17.5 Å². The number of hydrogen-bond acceptors (Lipinski definition) is 4. The summed E-state index contributed by atoms with van der Waals surface area (Å²) in [7, 11) is 1.68. The zero-order valence-corrected chi connectivity index (χ0v) is 12.2. The van der Waals surface area contributed by atoms with Crippen LogP contribution in [0.5, 0.6) is 0 Å². The molecule has 0 aromatic carbocycles. The summed E-state index contributed by atoms with van der Waals surface area (Å²) in [5.41, 5.74) is 0. The zero-order valence-electron chi connectivity index (χ0n) is 11.4. The number of carbonyl (C=O) groups excluding carboxylic acids is 1. The Kier molecular flexibility index (Phi) is 5.82. The van der Waals surface area contributed by atoms with Gasteiger partial charge in [0, 0.05) is 25.1 Å². The van der Waals surface area contributed by atoms with Crippen molar-refractivity contribution in [2.45, 2.75) is 19.4 Å². The fourth-order valence-corrected chi connectivity index (χ4v) is 3.10. The first-order valence-electron chi connectivity index (χ1n) is 6.82. The van der Waals surface area contributed by atoms with E-state index in [-0.39, 0.29) is 11.8 Å². The molecular weight excluding hydrogens is 260 g/mol. The molecule has 1 aromatic heterocycles. The van der Waals surface area contributed by atoms with Crippen molar-refractivity contribution < 1.29 is 9.53 Å². The molecule has 1 aromatic rings. The van der Waals surface area contributed by atoms with E-state index >= 15 is 0 Å². The van der Waals surface area contributed by atoms with Gasteiger partial charge in [-0.25, -0.2) is 0 Å². The topological polar surface area (TPSA) is 41.6 Å². The van der Waals surface area contributed by atoms with Crippen molar-refractivity contribution in [3.63, 3.8) is 0 Å². The van der Waals surface area contributed by atoms with Crippen LogP contribution in [0.1, 0.15) is 17.7 Å². The molecule has 0 spiro atoms. The van der Waals surface area contributed by atoms with Crippen LogP contribution in [0.4, 0.5) is 0 Å². The van der Waals surface area contributed by atoms with Gasteiger partial charge >= 0.3 is 0 Å². The fraction of sp³-hybridized carbons (Fsp3) is 0.643. The predicted octanol–water partition coefficient (Wildman–Crippen LogP) is 1.72. The van der Waals surface area contributed by atoms with E-state index in [4.69, 9.17) is 4.74 Å². The van der Waals surface area contributed by atoms with E-state index in [0.717, 1.165) is 25.9 Å². The van der Waals surface area contributed by atoms with E-state index in [2.05, 4.69) is 16.8 Å². The lowest BCUT2D eigenvalue weighted by Gasteiger charge is -2.29. The van der Waals surface area contributed by atoms with Crippen molar-refractivity contribution in [2.24, 2.45) is 5.92 Å². The number of thiophene rings is 1. The molecule has 1 aliphatic heterocycles. The Morgan fingerprint density at radius 3 is 3.16 bits per heavy atom. The molecule has 1 saturated heterocycles. The number of rotatable bonds is 6. The zero-order chi connectivity index (χ0) is 13.5. The number of amides is 1. The number of hydrogen-bond donors (Lipinski definition) is 1. The maximum atomic E-state index is 12.6. The van der Waals surface area contributed by atoms with E-state index in [1.54, 1.807) is 18.4 Å². The van der Waals surface area contributed by atoms with Gasteiger partial charge in [0.1, 0.15) is 0 Å². The normalized spacial score (nSPS) is 19.3. The van der Waals surface area contributed by atoms with Crippen molar-refractivity contribution in [1.29, 1.82) is 0 Å². The average molecular weight is 282 g/mol. The Hall–Kier alpha value is -0.910. The van der Waals surface area contributed by atoms with Gasteiger partial charge in [-0.15, -0.1) is 11.3 Å². The highest BCUT2D eigenvalue weighted by Gasteiger charge is 2.25. The Morgan fingerprint density at radius 2 is 2.53 bits per heavy atom. The summed E-state index contributed by atoms with van der Waals surface area (Å²) in [6.45, 7) is 3.82.